The molecule has 1 saturated heterocycles. The Balaban J connectivity index is 1.71. The summed E-state index contributed by atoms with van der Waals surface area (Å²) in [6.45, 7) is 1.07. The monoisotopic (exact) mass is 299 g/mol. The molecule has 0 radical (unpaired) electrons. The minimum absolute atomic E-state index is 0.412. The fourth-order valence-electron chi connectivity index (χ4n) is 2.55. The van der Waals surface area contributed by atoms with Crippen molar-refractivity contribution in [3.05, 3.63) is 48.2 Å². The first-order valence-electron chi connectivity index (χ1n) is 7.23. The molecule has 1 aliphatic heterocycles. The van der Waals surface area contributed by atoms with Crippen molar-refractivity contribution in [2.75, 3.05) is 11.4 Å². The number of rotatable bonds is 5. The van der Waals surface area contributed by atoms with E-state index in [2.05, 4.69) is 9.97 Å². The number of ether oxygens (including phenoxy) is 1. The van der Waals surface area contributed by atoms with E-state index in [1.54, 1.807) is 17.2 Å². The molecule has 6 heteroatoms. The van der Waals surface area contributed by atoms with Crippen molar-refractivity contribution in [2.24, 2.45) is 0 Å². The van der Waals surface area contributed by atoms with Crippen molar-refractivity contribution in [1.29, 1.82) is 0 Å². The molecule has 0 spiro atoms. The Morgan fingerprint density at radius 2 is 2.14 bits per heavy atom. The number of carboxylic acid groups (broad SMARTS) is 1. The lowest BCUT2D eigenvalue weighted by molar-refractivity contribution is -0.138. The van der Waals surface area contributed by atoms with Crippen molar-refractivity contribution in [2.45, 2.75) is 25.5 Å². The normalized spacial score (nSPS) is 17.5. The van der Waals surface area contributed by atoms with Crippen LogP contribution in [0.3, 0.4) is 0 Å². The van der Waals surface area contributed by atoms with Gasteiger partial charge in [-0.25, -0.2) is 9.78 Å². The topological polar surface area (TPSA) is 75.5 Å². The van der Waals surface area contributed by atoms with Gasteiger partial charge >= 0.3 is 5.97 Å². The average Bonchev–Trinajstić information content (AvgIpc) is 3.04. The van der Waals surface area contributed by atoms with Crippen molar-refractivity contribution in [3.8, 4) is 5.88 Å². The summed E-state index contributed by atoms with van der Waals surface area (Å²) in [5, 5.41) is 9.24. The van der Waals surface area contributed by atoms with E-state index in [1.807, 2.05) is 30.3 Å². The zero-order chi connectivity index (χ0) is 15.4. The highest BCUT2D eigenvalue weighted by Gasteiger charge is 2.32. The van der Waals surface area contributed by atoms with E-state index in [-0.39, 0.29) is 0 Å². The number of hydrogen-bond donors (Lipinski definition) is 1. The van der Waals surface area contributed by atoms with E-state index in [4.69, 9.17) is 4.74 Å². The van der Waals surface area contributed by atoms with Gasteiger partial charge in [-0.05, 0) is 18.4 Å². The van der Waals surface area contributed by atoms with Gasteiger partial charge in [0.2, 0.25) is 11.8 Å². The third kappa shape index (κ3) is 3.16. The largest absolute Gasteiger partial charge is 0.480 e. The highest BCUT2D eigenvalue weighted by molar-refractivity contribution is 5.78. The summed E-state index contributed by atoms with van der Waals surface area (Å²) in [5.74, 6) is 0.0251. The molecular formula is C16H17N3O3. The van der Waals surface area contributed by atoms with Gasteiger partial charge in [-0.1, -0.05) is 30.3 Å². The first-order chi connectivity index (χ1) is 10.7. The SMILES string of the molecule is O=C(O)C1CCCN1c1nccc(OCc2ccccc2)n1. The Labute approximate surface area is 128 Å². The lowest BCUT2D eigenvalue weighted by atomic mass is 10.2. The second-order valence-corrected chi connectivity index (χ2v) is 5.16. The van der Waals surface area contributed by atoms with Crippen LogP contribution in [0.15, 0.2) is 42.6 Å². The molecule has 1 aliphatic rings. The van der Waals surface area contributed by atoms with E-state index >= 15 is 0 Å². The Morgan fingerprint density at radius 3 is 2.91 bits per heavy atom. The maximum atomic E-state index is 11.3. The van der Waals surface area contributed by atoms with Gasteiger partial charge in [0, 0.05) is 18.8 Å². The van der Waals surface area contributed by atoms with E-state index < -0.39 is 12.0 Å². The van der Waals surface area contributed by atoms with Crippen molar-refractivity contribution >= 4 is 11.9 Å². The Kier molecular flexibility index (Phi) is 4.18. The minimum atomic E-state index is -0.836. The maximum Gasteiger partial charge on any atom is 0.326 e. The standard InChI is InChI=1S/C16H17N3O3/c20-15(21)13-7-4-10-19(13)16-17-9-8-14(18-16)22-11-12-5-2-1-3-6-12/h1-3,5-6,8-9,13H,4,7,10-11H2,(H,20,21). The van der Waals surface area contributed by atoms with Crippen LogP contribution in [0.4, 0.5) is 5.95 Å². The molecule has 114 valence electrons. The molecule has 2 heterocycles. The highest BCUT2D eigenvalue weighted by atomic mass is 16.5. The lowest BCUT2D eigenvalue weighted by Crippen LogP contribution is -2.37. The van der Waals surface area contributed by atoms with Gasteiger partial charge in [0.15, 0.2) is 0 Å². The van der Waals surface area contributed by atoms with Crippen LogP contribution in [0.5, 0.6) is 5.88 Å². The van der Waals surface area contributed by atoms with Crippen molar-refractivity contribution < 1.29 is 14.6 Å². The second-order valence-electron chi connectivity index (χ2n) is 5.16. The van der Waals surface area contributed by atoms with Crippen LogP contribution in [0.25, 0.3) is 0 Å². The third-order valence-electron chi connectivity index (χ3n) is 3.64. The third-order valence-corrected chi connectivity index (χ3v) is 3.64. The number of hydrogen-bond acceptors (Lipinski definition) is 5. The molecule has 1 N–H and O–H groups in total. The Morgan fingerprint density at radius 1 is 1.32 bits per heavy atom. The quantitative estimate of drug-likeness (QED) is 0.911. The summed E-state index contributed by atoms with van der Waals surface area (Å²) in [4.78, 5) is 21.5. The zero-order valence-corrected chi connectivity index (χ0v) is 12.1. The van der Waals surface area contributed by atoms with Crippen LogP contribution >= 0.6 is 0 Å². The second kappa shape index (κ2) is 6.43. The first-order valence-corrected chi connectivity index (χ1v) is 7.23. The molecule has 0 bridgehead atoms. The number of aliphatic carboxylic acids is 1. The van der Waals surface area contributed by atoms with Crippen LogP contribution < -0.4 is 9.64 Å². The first kappa shape index (κ1) is 14.3. The summed E-state index contributed by atoms with van der Waals surface area (Å²) in [7, 11) is 0. The van der Waals surface area contributed by atoms with E-state index in [0.717, 1.165) is 12.0 Å². The van der Waals surface area contributed by atoms with Crippen LogP contribution in [-0.2, 0) is 11.4 Å². The molecule has 1 atom stereocenters. The number of anilines is 1. The number of benzene rings is 1. The van der Waals surface area contributed by atoms with Gasteiger partial charge in [-0.3, -0.25) is 0 Å². The van der Waals surface area contributed by atoms with E-state index in [0.29, 0.717) is 31.4 Å². The average molecular weight is 299 g/mol. The summed E-state index contributed by atoms with van der Waals surface area (Å²) in [6.07, 6.45) is 3.04. The van der Waals surface area contributed by atoms with Crippen LogP contribution in [0.1, 0.15) is 18.4 Å². The number of aromatic nitrogens is 2. The molecule has 0 aliphatic carbocycles. The van der Waals surface area contributed by atoms with Gasteiger partial charge in [0.25, 0.3) is 0 Å². The fraction of sp³-hybridized carbons (Fsp3) is 0.312. The predicted molar refractivity (Wildman–Crippen MR) is 80.8 cm³/mol. The molecule has 22 heavy (non-hydrogen) atoms. The number of nitrogens with zero attached hydrogens (tertiary/aromatic N) is 3. The molecule has 1 aromatic carbocycles. The van der Waals surface area contributed by atoms with Crippen molar-refractivity contribution in [3.63, 3.8) is 0 Å². The summed E-state index contributed by atoms with van der Waals surface area (Å²) in [6, 6.07) is 10.9. The smallest absolute Gasteiger partial charge is 0.326 e. The minimum Gasteiger partial charge on any atom is -0.480 e. The molecule has 6 nitrogen and oxygen atoms in total. The van der Waals surface area contributed by atoms with Crippen LogP contribution in [-0.4, -0.2) is 33.6 Å². The van der Waals surface area contributed by atoms with Gasteiger partial charge < -0.3 is 14.7 Å². The molecule has 1 fully saturated rings. The summed E-state index contributed by atoms with van der Waals surface area (Å²) in [5.41, 5.74) is 1.05. The molecule has 1 aromatic heterocycles. The maximum absolute atomic E-state index is 11.3. The number of carboxylic acids is 1. The Bertz CT molecular complexity index is 648. The molecule has 2 aromatic rings. The molecule has 3 rings (SSSR count). The van der Waals surface area contributed by atoms with Crippen LogP contribution in [0.2, 0.25) is 0 Å². The predicted octanol–water partition coefficient (Wildman–Crippen LogP) is 2.11. The van der Waals surface area contributed by atoms with Crippen molar-refractivity contribution in [1.82, 2.24) is 9.97 Å². The fourth-order valence-corrected chi connectivity index (χ4v) is 2.55. The zero-order valence-electron chi connectivity index (χ0n) is 12.1. The van der Waals surface area contributed by atoms with E-state index in [1.165, 1.54) is 0 Å². The Hall–Kier alpha value is -2.63. The van der Waals surface area contributed by atoms with Gasteiger partial charge in [-0.2, -0.15) is 4.98 Å². The number of carbonyl (C=O) groups is 1. The summed E-state index contributed by atoms with van der Waals surface area (Å²) < 4.78 is 5.66. The van der Waals surface area contributed by atoms with Crippen LogP contribution in [0, 0.1) is 0 Å². The molecular weight excluding hydrogens is 282 g/mol. The summed E-state index contributed by atoms with van der Waals surface area (Å²) >= 11 is 0. The molecule has 0 amide bonds. The van der Waals surface area contributed by atoms with Gasteiger partial charge in [0.1, 0.15) is 12.6 Å². The highest BCUT2D eigenvalue weighted by Crippen LogP contribution is 2.23. The van der Waals surface area contributed by atoms with Gasteiger partial charge in [-0.15, -0.1) is 0 Å². The van der Waals surface area contributed by atoms with E-state index in [9.17, 15) is 9.90 Å². The van der Waals surface area contributed by atoms with Gasteiger partial charge in [0.05, 0.1) is 0 Å². The molecule has 1 unspecified atom stereocenters. The lowest BCUT2D eigenvalue weighted by Gasteiger charge is -2.21. The molecule has 0 saturated carbocycles.